The quantitative estimate of drug-likeness (QED) is 0.686. The van der Waals surface area contributed by atoms with E-state index in [1.165, 1.54) is 19.3 Å². The van der Waals surface area contributed by atoms with E-state index in [1.807, 2.05) is 0 Å². The number of carbonyl (C=O) groups excluding carboxylic acids is 1. The van der Waals surface area contributed by atoms with Crippen molar-refractivity contribution in [3.05, 3.63) is 0 Å². The summed E-state index contributed by atoms with van der Waals surface area (Å²) in [6.45, 7) is 4.21. The molecule has 0 aromatic carbocycles. The van der Waals surface area contributed by atoms with Crippen LogP contribution in [0.2, 0.25) is 0 Å². The Morgan fingerprint density at radius 1 is 1.12 bits per heavy atom. The smallest absolute Gasteiger partial charge is 0.315 e. The number of carbonyl (C=O) groups is 1. The van der Waals surface area contributed by atoms with Gasteiger partial charge < -0.3 is 16.0 Å². The third-order valence-corrected chi connectivity index (χ3v) is 4.04. The number of hydrogen-bond donors (Lipinski definition) is 3. The molecule has 0 aromatic heterocycles. The van der Waals surface area contributed by atoms with Gasteiger partial charge in [-0.1, -0.05) is 26.2 Å². The molecule has 1 saturated carbocycles. The van der Waals surface area contributed by atoms with Crippen molar-refractivity contribution in [3.63, 3.8) is 0 Å². The van der Waals surface area contributed by atoms with Crippen LogP contribution in [0, 0.1) is 5.92 Å². The Hall–Kier alpha value is -0.770. The van der Waals surface area contributed by atoms with Gasteiger partial charge in [0.1, 0.15) is 0 Å². The van der Waals surface area contributed by atoms with Crippen molar-refractivity contribution in [2.75, 3.05) is 13.1 Å². The maximum Gasteiger partial charge on any atom is 0.315 e. The van der Waals surface area contributed by atoms with E-state index in [-0.39, 0.29) is 6.03 Å². The standard InChI is InChI=1S/C13H25N3O/c1-10-9-14-8-7-12(10)16-13(17)15-11-5-3-2-4-6-11/h10-12,14H,2-9H2,1H3,(H2,15,16,17). The third kappa shape index (κ3) is 3.87. The maximum absolute atomic E-state index is 11.9. The van der Waals surface area contributed by atoms with Crippen LogP contribution in [0.15, 0.2) is 0 Å². The van der Waals surface area contributed by atoms with Crippen molar-refractivity contribution in [2.24, 2.45) is 5.92 Å². The zero-order chi connectivity index (χ0) is 12.1. The van der Waals surface area contributed by atoms with Crippen molar-refractivity contribution in [1.82, 2.24) is 16.0 Å². The number of urea groups is 1. The normalized spacial score (nSPS) is 30.9. The molecule has 2 fully saturated rings. The first-order chi connectivity index (χ1) is 8.25. The fraction of sp³-hybridized carbons (Fsp3) is 0.923. The minimum absolute atomic E-state index is 0.0376. The fourth-order valence-electron chi connectivity index (χ4n) is 2.87. The number of rotatable bonds is 2. The summed E-state index contributed by atoms with van der Waals surface area (Å²) in [5.41, 5.74) is 0. The summed E-state index contributed by atoms with van der Waals surface area (Å²) in [6.07, 6.45) is 7.18. The highest BCUT2D eigenvalue weighted by Crippen LogP contribution is 2.17. The molecule has 3 N–H and O–H groups in total. The van der Waals surface area contributed by atoms with Crippen LogP contribution < -0.4 is 16.0 Å². The lowest BCUT2D eigenvalue weighted by Gasteiger charge is -2.31. The molecule has 98 valence electrons. The molecule has 1 saturated heterocycles. The van der Waals surface area contributed by atoms with Gasteiger partial charge in [0.15, 0.2) is 0 Å². The Kier molecular flexibility index (Phi) is 4.66. The highest BCUT2D eigenvalue weighted by Gasteiger charge is 2.23. The van der Waals surface area contributed by atoms with Gasteiger partial charge in [0.25, 0.3) is 0 Å². The first kappa shape index (κ1) is 12.7. The molecule has 1 heterocycles. The second-order valence-corrected chi connectivity index (χ2v) is 5.53. The lowest BCUT2D eigenvalue weighted by molar-refractivity contribution is 0.217. The molecule has 0 bridgehead atoms. The summed E-state index contributed by atoms with van der Waals surface area (Å²) in [7, 11) is 0. The molecule has 4 nitrogen and oxygen atoms in total. The van der Waals surface area contributed by atoms with Crippen molar-refractivity contribution in [3.8, 4) is 0 Å². The molecule has 1 aliphatic heterocycles. The van der Waals surface area contributed by atoms with E-state index in [0.29, 0.717) is 18.0 Å². The molecule has 4 heteroatoms. The minimum Gasteiger partial charge on any atom is -0.335 e. The molecule has 0 radical (unpaired) electrons. The van der Waals surface area contributed by atoms with E-state index >= 15 is 0 Å². The van der Waals surface area contributed by atoms with Gasteiger partial charge in [-0.2, -0.15) is 0 Å². The van der Waals surface area contributed by atoms with Crippen molar-refractivity contribution in [1.29, 1.82) is 0 Å². The Labute approximate surface area is 104 Å². The molecule has 2 amide bonds. The molecule has 2 rings (SSSR count). The third-order valence-electron chi connectivity index (χ3n) is 4.04. The van der Waals surface area contributed by atoms with Crippen LogP contribution in [-0.4, -0.2) is 31.2 Å². The molecule has 17 heavy (non-hydrogen) atoms. The van der Waals surface area contributed by atoms with Crippen molar-refractivity contribution < 1.29 is 4.79 Å². The second kappa shape index (κ2) is 6.24. The van der Waals surface area contributed by atoms with Crippen LogP contribution in [0.5, 0.6) is 0 Å². The predicted octanol–water partition coefficient (Wildman–Crippen LogP) is 1.62. The predicted molar refractivity (Wildman–Crippen MR) is 69.0 cm³/mol. The van der Waals surface area contributed by atoms with Crippen molar-refractivity contribution >= 4 is 6.03 Å². The van der Waals surface area contributed by atoms with Gasteiger partial charge in [0.05, 0.1) is 0 Å². The average Bonchev–Trinajstić information content (AvgIpc) is 2.33. The summed E-state index contributed by atoms with van der Waals surface area (Å²) in [6, 6.07) is 0.774. The molecule has 0 aromatic rings. The van der Waals surface area contributed by atoms with Crippen LogP contribution in [0.25, 0.3) is 0 Å². The number of nitrogens with one attached hydrogen (secondary N) is 3. The molecule has 2 unspecified atom stereocenters. The monoisotopic (exact) mass is 239 g/mol. The van der Waals surface area contributed by atoms with E-state index in [2.05, 4.69) is 22.9 Å². The molecular formula is C13H25N3O. The van der Waals surface area contributed by atoms with Gasteiger partial charge >= 0.3 is 6.03 Å². The number of piperidine rings is 1. The Bertz CT molecular complexity index is 251. The van der Waals surface area contributed by atoms with Crippen LogP contribution >= 0.6 is 0 Å². The second-order valence-electron chi connectivity index (χ2n) is 5.53. The van der Waals surface area contributed by atoms with Gasteiger partial charge in [0.2, 0.25) is 0 Å². The molecule has 2 aliphatic rings. The summed E-state index contributed by atoms with van der Waals surface area (Å²) in [5, 5.41) is 9.59. The topological polar surface area (TPSA) is 53.2 Å². The lowest BCUT2D eigenvalue weighted by Crippen LogP contribution is -2.53. The van der Waals surface area contributed by atoms with E-state index in [1.54, 1.807) is 0 Å². The van der Waals surface area contributed by atoms with Gasteiger partial charge in [-0.15, -0.1) is 0 Å². The zero-order valence-electron chi connectivity index (χ0n) is 10.8. The van der Waals surface area contributed by atoms with Gasteiger partial charge in [0, 0.05) is 12.1 Å². The minimum atomic E-state index is 0.0376. The zero-order valence-corrected chi connectivity index (χ0v) is 10.8. The van der Waals surface area contributed by atoms with E-state index in [0.717, 1.165) is 32.4 Å². The number of amides is 2. The van der Waals surface area contributed by atoms with E-state index in [4.69, 9.17) is 0 Å². The van der Waals surface area contributed by atoms with Gasteiger partial charge in [-0.05, 0) is 38.3 Å². The summed E-state index contributed by atoms with van der Waals surface area (Å²) in [4.78, 5) is 11.9. The van der Waals surface area contributed by atoms with Crippen LogP contribution in [0.3, 0.4) is 0 Å². The summed E-state index contributed by atoms with van der Waals surface area (Å²) in [5.74, 6) is 0.529. The Balaban J connectivity index is 1.72. The summed E-state index contributed by atoms with van der Waals surface area (Å²) < 4.78 is 0. The van der Waals surface area contributed by atoms with Crippen LogP contribution in [0.1, 0.15) is 45.4 Å². The Morgan fingerprint density at radius 3 is 2.59 bits per heavy atom. The molecule has 1 aliphatic carbocycles. The first-order valence-corrected chi connectivity index (χ1v) is 7.03. The van der Waals surface area contributed by atoms with E-state index in [9.17, 15) is 4.79 Å². The first-order valence-electron chi connectivity index (χ1n) is 7.03. The highest BCUT2D eigenvalue weighted by molar-refractivity contribution is 5.74. The van der Waals surface area contributed by atoms with Gasteiger partial charge in [-0.3, -0.25) is 0 Å². The summed E-state index contributed by atoms with van der Waals surface area (Å²) >= 11 is 0. The largest absolute Gasteiger partial charge is 0.335 e. The average molecular weight is 239 g/mol. The van der Waals surface area contributed by atoms with Crippen molar-refractivity contribution in [2.45, 2.75) is 57.5 Å². The van der Waals surface area contributed by atoms with Crippen LogP contribution in [0.4, 0.5) is 4.79 Å². The van der Waals surface area contributed by atoms with Gasteiger partial charge in [-0.25, -0.2) is 4.79 Å². The molecular weight excluding hydrogens is 214 g/mol. The Morgan fingerprint density at radius 2 is 1.88 bits per heavy atom. The van der Waals surface area contributed by atoms with Crippen LogP contribution in [-0.2, 0) is 0 Å². The molecule has 2 atom stereocenters. The fourth-order valence-corrected chi connectivity index (χ4v) is 2.87. The van der Waals surface area contributed by atoms with E-state index < -0.39 is 0 Å². The SMILES string of the molecule is CC1CNCCC1NC(=O)NC1CCCCC1. The lowest BCUT2D eigenvalue weighted by atomic mass is 9.95. The molecule has 0 spiro atoms. The highest BCUT2D eigenvalue weighted by atomic mass is 16.2. The number of hydrogen-bond acceptors (Lipinski definition) is 2. The maximum atomic E-state index is 11.9.